The van der Waals surface area contributed by atoms with Gasteiger partial charge in [-0.1, -0.05) is 0 Å². The summed E-state index contributed by atoms with van der Waals surface area (Å²) in [4.78, 5) is 11.2. The van der Waals surface area contributed by atoms with Crippen LogP contribution < -0.4 is 4.90 Å². The first-order valence-electron chi connectivity index (χ1n) is 7.68. The van der Waals surface area contributed by atoms with Gasteiger partial charge in [0, 0.05) is 41.5 Å². The number of aliphatic hydroxyl groups is 1. The lowest BCUT2D eigenvalue weighted by Gasteiger charge is -2.36. The van der Waals surface area contributed by atoms with Crippen LogP contribution in [0.1, 0.15) is 44.1 Å². The number of nitrogens with zero attached hydrogens (tertiary/aromatic N) is 3. The Kier molecular flexibility index (Phi) is 3.15. The highest BCUT2D eigenvalue weighted by atomic mass is 32.2. The van der Waals surface area contributed by atoms with Gasteiger partial charge in [0.1, 0.15) is 0 Å². The molecule has 3 aliphatic heterocycles. The molecule has 20 heavy (non-hydrogen) atoms. The quantitative estimate of drug-likeness (QED) is 0.906. The Morgan fingerprint density at radius 3 is 2.30 bits per heavy atom. The predicted octanol–water partition coefficient (Wildman–Crippen LogP) is 2.32. The summed E-state index contributed by atoms with van der Waals surface area (Å²) in [6, 6.07) is 0. The normalized spacial score (nSPS) is 36.5. The highest BCUT2D eigenvalue weighted by Crippen LogP contribution is 2.51. The minimum Gasteiger partial charge on any atom is -0.385 e. The Morgan fingerprint density at radius 2 is 1.70 bits per heavy atom. The molecule has 3 saturated heterocycles. The fourth-order valence-electron chi connectivity index (χ4n) is 3.79. The lowest BCUT2D eigenvalue weighted by atomic mass is 9.88. The Bertz CT molecular complexity index is 474. The lowest BCUT2D eigenvalue weighted by Crippen LogP contribution is -2.35. The van der Waals surface area contributed by atoms with Crippen molar-refractivity contribution in [3.63, 3.8) is 0 Å². The van der Waals surface area contributed by atoms with Crippen LogP contribution >= 0.6 is 11.8 Å². The molecule has 0 saturated carbocycles. The summed E-state index contributed by atoms with van der Waals surface area (Å²) >= 11 is 2.06. The van der Waals surface area contributed by atoms with Crippen LogP contribution in [0.25, 0.3) is 0 Å². The fraction of sp³-hybridized carbons (Fsp3) is 0.733. The van der Waals surface area contributed by atoms with Crippen molar-refractivity contribution in [3.05, 3.63) is 18.0 Å². The highest BCUT2D eigenvalue weighted by Gasteiger charge is 2.44. The molecule has 2 unspecified atom stereocenters. The van der Waals surface area contributed by atoms with Crippen molar-refractivity contribution in [1.82, 2.24) is 9.97 Å². The monoisotopic (exact) mass is 291 g/mol. The second kappa shape index (κ2) is 4.88. The number of rotatable bonds is 2. The van der Waals surface area contributed by atoms with E-state index in [-0.39, 0.29) is 0 Å². The summed E-state index contributed by atoms with van der Waals surface area (Å²) in [5.41, 5.74) is 0.221. The van der Waals surface area contributed by atoms with Gasteiger partial charge in [-0.25, -0.2) is 9.97 Å². The molecule has 108 valence electrons. The van der Waals surface area contributed by atoms with E-state index >= 15 is 0 Å². The SMILES string of the molecule is OC1(c2cnc(N3CCCC3)nc2)CC2CCC(C1)S2. The van der Waals surface area contributed by atoms with E-state index in [9.17, 15) is 5.11 Å². The van der Waals surface area contributed by atoms with Gasteiger partial charge in [-0.15, -0.1) is 0 Å². The maximum absolute atomic E-state index is 11.0. The first-order chi connectivity index (χ1) is 9.73. The van der Waals surface area contributed by atoms with Crippen molar-refractivity contribution in [3.8, 4) is 0 Å². The average Bonchev–Trinajstić information content (AvgIpc) is 3.09. The molecule has 0 radical (unpaired) electrons. The number of anilines is 1. The molecule has 0 aliphatic carbocycles. The molecule has 3 fully saturated rings. The minimum absolute atomic E-state index is 0.622. The number of hydrogen-bond acceptors (Lipinski definition) is 5. The zero-order valence-electron chi connectivity index (χ0n) is 11.7. The fourth-order valence-corrected chi connectivity index (χ4v) is 5.63. The van der Waals surface area contributed by atoms with Gasteiger partial charge in [0.25, 0.3) is 0 Å². The first kappa shape index (κ1) is 12.9. The van der Waals surface area contributed by atoms with Crippen LogP contribution in [0, 0.1) is 0 Å². The van der Waals surface area contributed by atoms with E-state index in [0.29, 0.717) is 10.5 Å². The summed E-state index contributed by atoms with van der Waals surface area (Å²) < 4.78 is 0. The molecule has 1 aromatic heterocycles. The number of hydrogen-bond donors (Lipinski definition) is 1. The topological polar surface area (TPSA) is 49.3 Å². The lowest BCUT2D eigenvalue weighted by molar-refractivity contribution is 0.0190. The van der Waals surface area contributed by atoms with Crippen LogP contribution in [0.2, 0.25) is 0 Å². The Balaban J connectivity index is 1.55. The molecule has 4 nitrogen and oxygen atoms in total. The van der Waals surface area contributed by atoms with Gasteiger partial charge >= 0.3 is 0 Å². The number of thioether (sulfide) groups is 1. The third-order valence-electron chi connectivity index (χ3n) is 4.89. The highest BCUT2D eigenvalue weighted by molar-refractivity contribution is 8.00. The van der Waals surface area contributed by atoms with Gasteiger partial charge in [0.2, 0.25) is 5.95 Å². The Morgan fingerprint density at radius 1 is 1.10 bits per heavy atom. The van der Waals surface area contributed by atoms with Crippen molar-refractivity contribution in [1.29, 1.82) is 0 Å². The Labute approximate surface area is 124 Å². The van der Waals surface area contributed by atoms with Crippen molar-refractivity contribution < 1.29 is 5.11 Å². The van der Waals surface area contributed by atoms with Crippen LogP contribution in [-0.2, 0) is 5.60 Å². The van der Waals surface area contributed by atoms with Gasteiger partial charge in [0.15, 0.2) is 0 Å². The summed E-state index contributed by atoms with van der Waals surface area (Å²) in [6.07, 6.45) is 10.4. The minimum atomic E-state index is -0.694. The molecule has 4 heterocycles. The molecular weight excluding hydrogens is 270 g/mol. The first-order valence-corrected chi connectivity index (χ1v) is 8.62. The molecule has 3 aliphatic rings. The van der Waals surface area contributed by atoms with Crippen LogP contribution in [-0.4, -0.2) is 38.7 Å². The Hall–Kier alpha value is -0.810. The van der Waals surface area contributed by atoms with Crippen LogP contribution in [0.3, 0.4) is 0 Å². The number of fused-ring (bicyclic) bond motifs is 2. The van der Waals surface area contributed by atoms with Crippen LogP contribution in [0.15, 0.2) is 12.4 Å². The van der Waals surface area contributed by atoms with E-state index in [1.165, 1.54) is 25.7 Å². The third kappa shape index (κ3) is 2.21. The maximum Gasteiger partial charge on any atom is 0.225 e. The van der Waals surface area contributed by atoms with E-state index in [0.717, 1.165) is 37.4 Å². The van der Waals surface area contributed by atoms with E-state index < -0.39 is 5.60 Å². The summed E-state index contributed by atoms with van der Waals surface area (Å²) in [7, 11) is 0. The zero-order valence-corrected chi connectivity index (χ0v) is 12.5. The van der Waals surface area contributed by atoms with Gasteiger partial charge in [0.05, 0.1) is 5.60 Å². The van der Waals surface area contributed by atoms with Crippen LogP contribution in [0.5, 0.6) is 0 Å². The smallest absolute Gasteiger partial charge is 0.225 e. The van der Waals surface area contributed by atoms with E-state index in [1.54, 1.807) is 0 Å². The van der Waals surface area contributed by atoms with Gasteiger partial charge in [-0.2, -0.15) is 11.8 Å². The van der Waals surface area contributed by atoms with E-state index in [2.05, 4.69) is 26.6 Å². The third-order valence-corrected chi connectivity index (χ3v) is 6.47. The molecule has 4 rings (SSSR count). The van der Waals surface area contributed by atoms with Gasteiger partial charge in [-0.05, 0) is 38.5 Å². The largest absolute Gasteiger partial charge is 0.385 e. The average molecular weight is 291 g/mol. The molecular formula is C15H21N3OS. The maximum atomic E-state index is 11.0. The van der Waals surface area contributed by atoms with Gasteiger partial charge in [-0.3, -0.25) is 0 Å². The molecule has 2 bridgehead atoms. The molecule has 1 aromatic rings. The molecule has 0 aromatic carbocycles. The van der Waals surface area contributed by atoms with Crippen molar-refractivity contribution in [2.45, 2.75) is 54.6 Å². The molecule has 0 spiro atoms. The summed E-state index contributed by atoms with van der Waals surface area (Å²) in [6.45, 7) is 2.12. The second-order valence-corrected chi connectivity index (χ2v) is 7.97. The second-order valence-electron chi connectivity index (χ2n) is 6.36. The number of aromatic nitrogens is 2. The summed E-state index contributed by atoms with van der Waals surface area (Å²) in [5.74, 6) is 0.822. The molecule has 1 N–H and O–H groups in total. The van der Waals surface area contributed by atoms with Crippen molar-refractivity contribution in [2.75, 3.05) is 18.0 Å². The predicted molar refractivity (Wildman–Crippen MR) is 81.0 cm³/mol. The standard InChI is InChI=1S/C15H21N3OS/c19-15(7-12-3-4-13(8-15)20-12)11-9-16-14(17-10-11)18-5-1-2-6-18/h9-10,12-13,19H,1-8H2. The molecule has 2 atom stereocenters. The van der Waals surface area contributed by atoms with E-state index in [4.69, 9.17) is 0 Å². The van der Waals surface area contributed by atoms with Crippen molar-refractivity contribution in [2.24, 2.45) is 0 Å². The van der Waals surface area contributed by atoms with E-state index in [1.807, 2.05) is 12.4 Å². The van der Waals surface area contributed by atoms with Gasteiger partial charge < -0.3 is 10.0 Å². The summed E-state index contributed by atoms with van der Waals surface area (Å²) in [5, 5.41) is 12.2. The zero-order chi connectivity index (χ0) is 13.6. The molecule has 0 amide bonds. The van der Waals surface area contributed by atoms with Crippen molar-refractivity contribution >= 4 is 17.7 Å². The van der Waals surface area contributed by atoms with Crippen LogP contribution in [0.4, 0.5) is 5.95 Å². The molecule has 5 heteroatoms.